The van der Waals surface area contributed by atoms with Crippen molar-refractivity contribution in [2.75, 3.05) is 32.1 Å². The molecule has 1 aliphatic heterocycles. The highest BCUT2D eigenvalue weighted by atomic mass is 35.5. The van der Waals surface area contributed by atoms with Crippen LogP contribution in [0.15, 0.2) is 12.1 Å². The van der Waals surface area contributed by atoms with E-state index in [1.165, 1.54) is 12.1 Å². The number of rotatable bonds is 3. The van der Waals surface area contributed by atoms with Gasteiger partial charge in [-0.1, -0.05) is 0 Å². The molecule has 1 aromatic rings. The van der Waals surface area contributed by atoms with E-state index in [2.05, 4.69) is 4.90 Å². The Bertz CT molecular complexity index is 414. The Morgan fingerprint density at radius 1 is 1.33 bits per heavy atom. The zero-order chi connectivity index (χ0) is 13.3. The maximum atomic E-state index is 13.9. The molecule has 5 heteroatoms. The summed E-state index contributed by atoms with van der Waals surface area (Å²) in [6.07, 6.45) is 0.920. The zero-order valence-corrected chi connectivity index (χ0v) is 11.3. The lowest BCUT2D eigenvalue weighted by atomic mass is 10.2. The molecule has 1 saturated heterocycles. The van der Waals surface area contributed by atoms with Crippen LogP contribution in [0.2, 0.25) is 0 Å². The SMILES string of the molecule is CN(C)C1CCN(c2c(F)cc(CCl)cc2F)C1. The average molecular weight is 275 g/mol. The molecular weight excluding hydrogens is 258 g/mol. The average Bonchev–Trinajstić information content (AvgIpc) is 2.77. The lowest BCUT2D eigenvalue weighted by molar-refractivity contribution is 0.315. The van der Waals surface area contributed by atoms with E-state index >= 15 is 0 Å². The molecule has 1 aromatic carbocycles. The van der Waals surface area contributed by atoms with Crippen LogP contribution in [-0.2, 0) is 5.88 Å². The summed E-state index contributed by atoms with van der Waals surface area (Å²) >= 11 is 5.59. The summed E-state index contributed by atoms with van der Waals surface area (Å²) in [5.74, 6) is -0.927. The molecule has 1 atom stereocenters. The first-order chi connectivity index (χ1) is 8.52. The third-order valence-corrected chi connectivity index (χ3v) is 3.75. The fraction of sp³-hybridized carbons (Fsp3) is 0.538. The molecule has 0 saturated carbocycles. The van der Waals surface area contributed by atoms with Crippen molar-refractivity contribution >= 4 is 17.3 Å². The fourth-order valence-electron chi connectivity index (χ4n) is 2.36. The fourth-order valence-corrected chi connectivity index (χ4v) is 2.52. The van der Waals surface area contributed by atoms with Gasteiger partial charge in [0.1, 0.15) is 17.3 Å². The van der Waals surface area contributed by atoms with E-state index in [0.29, 0.717) is 24.7 Å². The number of hydrogen-bond donors (Lipinski definition) is 0. The summed E-state index contributed by atoms with van der Waals surface area (Å²) in [6.45, 7) is 1.33. The van der Waals surface area contributed by atoms with Crippen molar-refractivity contribution in [3.05, 3.63) is 29.3 Å². The van der Waals surface area contributed by atoms with Crippen molar-refractivity contribution in [1.29, 1.82) is 0 Å². The number of alkyl halides is 1. The molecule has 1 fully saturated rings. The first kappa shape index (κ1) is 13.6. The Morgan fingerprint density at radius 3 is 2.39 bits per heavy atom. The van der Waals surface area contributed by atoms with Crippen LogP contribution in [0.4, 0.5) is 14.5 Å². The highest BCUT2D eigenvalue weighted by molar-refractivity contribution is 6.17. The molecular formula is C13H17ClF2N2. The number of hydrogen-bond acceptors (Lipinski definition) is 2. The van der Waals surface area contributed by atoms with E-state index in [1.807, 2.05) is 14.1 Å². The van der Waals surface area contributed by atoms with Crippen LogP contribution >= 0.6 is 11.6 Å². The second-order valence-corrected chi connectivity index (χ2v) is 5.16. The van der Waals surface area contributed by atoms with Crippen LogP contribution in [0.1, 0.15) is 12.0 Å². The van der Waals surface area contributed by atoms with Gasteiger partial charge < -0.3 is 9.80 Å². The van der Waals surface area contributed by atoms with Crippen LogP contribution in [0.5, 0.6) is 0 Å². The maximum absolute atomic E-state index is 13.9. The predicted octanol–water partition coefficient (Wildman–Crippen LogP) is 2.84. The van der Waals surface area contributed by atoms with E-state index in [0.717, 1.165) is 6.42 Å². The molecule has 18 heavy (non-hydrogen) atoms. The lowest BCUT2D eigenvalue weighted by Gasteiger charge is -2.22. The van der Waals surface area contributed by atoms with Gasteiger partial charge in [0, 0.05) is 25.0 Å². The van der Waals surface area contributed by atoms with Crippen molar-refractivity contribution in [2.24, 2.45) is 0 Å². The largest absolute Gasteiger partial charge is 0.365 e. The monoisotopic (exact) mass is 274 g/mol. The highest BCUT2D eigenvalue weighted by Gasteiger charge is 2.28. The van der Waals surface area contributed by atoms with Gasteiger partial charge in [-0.05, 0) is 38.2 Å². The molecule has 0 N–H and O–H groups in total. The minimum atomic E-state index is -0.523. The second kappa shape index (κ2) is 5.41. The Kier molecular flexibility index (Phi) is 4.07. The summed E-state index contributed by atoms with van der Waals surface area (Å²) in [4.78, 5) is 3.86. The third kappa shape index (κ3) is 2.59. The van der Waals surface area contributed by atoms with Crippen LogP contribution < -0.4 is 4.90 Å². The van der Waals surface area contributed by atoms with Crippen molar-refractivity contribution in [3.63, 3.8) is 0 Å². The smallest absolute Gasteiger partial charge is 0.149 e. The molecule has 100 valence electrons. The quantitative estimate of drug-likeness (QED) is 0.782. The molecule has 2 rings (SSSR count). The summed E-state index contributed by atoms with van der Waals surface area (Å²) in [5.41, 5.74) is 0.548. The number of anilines is 1. The molecule has 0 amide bonds. The Morgan fingerprint density at radius 2 is 1.94 bits per heavy atom. The van der Waals surface area contributed by atoms with Crippen molar-refractivity contribution in [2.45, 2.75) is 18.3 Å². The van der Waals surface area contributed by atoms with Gasteiger partial charge in [0.15, 0.2) is 0 Å². The number of likely N-dealkylation sites (N-methyl/N-ethyl adjacent to an activating group) is 1. The Hall–Kier alpha value is -0.870. The summed E-state index contributed by atoms with van der Waals surface area (Å²) in [7, 11) is 3.97. The van der Waals surface area contributed by atoms with Gasteiger partial charge in [-0.3, -0.25) is 0 Å². The third-order valence-electron chi connectivity index (χ3n) is 3.44. The van der Waals surface area contributed by atoms with E-state index in [1.54, 1.807) is 4.90 Å². The molecule has 0 spiro atoms. The molecule has 0 aliphatic carbocycles. The van der Waals surface area contributed by atoms with Crippen molar-refractivity contribution in [1.82, 2.24) is 4.90 Å². The molecule has 1 heterocycles. The zero-order valence-electron chi connectivity index (χ0n) is 10.6. The van der Waals surface area contributed by atoms with Gasteiger partial charge in [0.25, 0.3) is 0 Å². The molecule has 2 nitrogen and oxygen atoms in total. The van der Waals surface area contributed by atoms with Crippen LogP contribution in [0.3, 0.4) is 0 Å². The van der Waals surface area contributed by atoms with Crippen molar-refractivity contribution in [3.8, 4) is 0 Å². The Labute approximate surface area is 111 Å². The number of benzene rings is 1. The van der Waals surface area contributed by atoms with Gasteiger partial charge in [-0.15, -0.1) is 11.6 Å². The van der Waals surface area contributed by atoms with E-state index < -0.39 is 11.6 Å². The molecule has 0 radical (unpaired) electrons. The number of nitrogens with zero attached hydrogens (tertiary/aromatic N) is 2. The first-order valence-corrected chi connectivity index (χ1v) is 6.51. The predicted molar refractivity (Wildman–Crippen MR) is 70.2 cm³/mol. The van der Waals surface area contributed by atoms with Crippen LogP contribution in [0.25, 0.3) is 0 Å². The summed E-state index contributed by atoms with van der Waals surface area (Å²) in [5, 5.41) is 0. The normalized spacial score (nSPS) is 19.9. The minimum absolute atomic E-state index is 0.0771. The summed E-state index contributed by atoms with van der Waals surface area (Å²) < 4.78 is 27.8. The highest BCUT2D eigenvalue weighted by Crippen LogP contribution is 2.29. The van der Waals surface area contributed by atoms with Gasteiger partial charge >= 0.3 is 0 Å². The second-order valence-electron chi connectivity index (χ2n) is 4.89. The van der Waals surface area contributed by atoms with Crippen LogP contribution in [0, 0.1) is 11.6 Å². The standard InChI is InChI=1S/C13H17ClF2N2/c1-17(2)10-3-4-18(8-10)13-11(15)5-9(7-14)6-12(13)16/h5-6,10H,3-4,7-8H2,1-2H3. The lowest BCUT2D eigenvalue weighted by Crippen LogP contribution is -2.32. The van der Waals surface area contributed by atoms with Crippen molar-refractivity contribution < 1.29 is 8.78 Å². The van der Waals surface area contributed by atoms with Gasteiger partial charge in [0.05, 0.1) is 0 Å². The molecule has 1 aliphatic rings. The topological polar surface area (TPSA) is 6.48 Å². The minimum Gasteiger partial charge on any atom is -0.365 e. The Balaban J connectivity index is 2.24. The van der Waals surface area contributed by atoms with E-state index in [-0.39, 0.29) is 11.6 Å². The molecule has 0 aromatic heterocycles. The van der Waals surface area contributed by atoms with E-state index in [4.69, 9.17) is 11.6 Å². The van der Waals surface area contributed by atoms with Crippen LogP contribution in [-0.4, -0.2) is 38.1 Å². The summed E-state index contributed by atoms with van der Waals surface area (Å²) in [6, 6.07) is 2.97. The van der Waals surface area contributed by atoms with E-state index in [9.17, 15) is 8.78 Å². The first-order valence-electron chi connectivity index (χ1n) is 5.98. The van der Waals surface area contributed by atoms with Gasteiger partial charge in [-0.2, -0.15) is 0 Å². The van der Waals surface area contributed by atoms with Gasteiger partial charge in [-0.25, -0.2) is 8.78 Å². The molecule has 1 unspecified atom stereocenters. The maximum Gasteiger partial charge on any atom is 0.149 e. The number of halogens is 3. The molecule has 0 bridgehead atoms. The van der Waals surface area contributed by atoms with Gasteiger partial charge in [0.2, 0.25) is 0 Å².